The fourth-order valence-corrected chi connectivity index (χ4v) is 4.21. The lowest BCUT2D eigenvalue weighted by Gasteiger charge is -2.37. The van der Waals surface area contributed by atoms with Gasteiger partial charge in [0.25, 0.3) is 0 Å². The highest BCUT2D eigenvalue weighted by atomic mass is 35.5. The molecular formula is C19H27ClF5N11. The minimum absolute atomic E-state index is 0. The molecule has 0 radical (unpaired) electrons. The molecule has 200 valence electrons. The standard InChI is InChI=1S/C19H26F5N11.ClH/c20-11-12(21)14(23)16(15(24)13(11)22)32-33-17-29-18(34-3-7(25)1-8(26)4-34)31-19(30-17)35-5-9(27)2-10(28)6-35;/h7-10,32H,1-6,25-28H2,(H,29,30,31,33);1H/t7-,8+,9-,10+;. The summed E-state index contributed by atoms with van der Waals surface area (Å²) in [4.78, 5) is 16.3. The minimum atomic E-state index is -2.27. The zero-order chi connectivity index (χ0) is 25.4. The van der Waals surface area contributed by atoms with Gasteiger partial charge in [-0.1, -0.05) is 0 Å². The second-order valence-corrected chi connectivity index (χ2v) is 8.78. The van der Waals surface area contributed by atoms with E-state index in [0.717, 1.165) is 0 Å². The molecule has 4 rings (SSSR count). The molecule has 1 aromatic carbocycles. The van der Waals surface area contributed by atoms with Crippen molar-refractivity contribution >= 4 is 35.9 Å². The number of aromatic nitrogens is 3. The Balaban J connectivity index is 0.00000361. The van der Waals surface area contributed by atoms with Gasteiger partial charge in [-0.2, -0.15) is 15.0 Å². The van der Waals surface area contributed by atoms with Crippen molar-refractivity contribution < 1.29 is 22.0 Å². The Morgan fingerprint density at radius 2 is 0.944 bits per heavy atom. The van der Waals surface area contributed by atoms with Crippen LogP contribution >= 0.6 is 12.4 Å². The Labute approximate surface area is 209 Å². The Hall–Kier alpha value is -2.79. The lowest BCUT2D eigenvalue weighted by atomic mass is 10.0. The minimum Gasteiger partial charge on any atom is -0.338 e. The summed E-state index contributed by atoms with van der Waals surface area (Å²) in [5.41, 5.74) is 27.2. The first-order chi connectivity index (χ1) is 16.5. The van der Waals surface area contributed by atoms with Crippen LogP contribution in [0.3, 0.4) is 0 Å². The van der Waals surface area contributed by atoms with Gasteiger partial charge in [0.1, 0.15) is 5.69 Å². The normalized spacial score (nSPS) is 24.4. The number of piperidine rings is 2. The van der Waals surface area contributed by atoms with Crippen molar-refractivity contribution in [3.63, 3.8) is 0 Å². The van der Waals surface area contributed by atoms with E-state index < -0.39 is 34.8 Å². The molecule has 0 amide bonds. The van der Waals surface area contributed by atoms with Gasteiger partial charge in [-0.05, 0) is 12.8 Å². The number of nitrogens with zero attached hydrogens (tertiary/aromatic N) is 5. The van der Waals surface area contributed by atoms with Crippen LogP contribution in [0.1, 0.15) is 12.8 Å². The van der Waals surface area contributed by atoms with Gasteiger partial charge in [0.2, 0.25) is 23.7 Å². The maximum Gasteiger partial charge on any atom is 0.248 e. The van der Waals surface area contributed by atoms with Gasteiger partial charge in [0.15, 0.2) is 23.3 Å². The molecule has 2 fully saturated rings. The van der Waals surface area contributed by atoms with E-state index in [1.54, 1.807) is 9.80 Å². The van der Waals surface area contributed by atoms with Crippen LogP contribution in [0.5, 0.6) is 0 Å². The first-order valence-electron chi connectivity index (χ1n) is 10.8. The second-order valence-electron chi connectivity index (χ2n) is 8.78. The average molecular weight is 540 g/mol. The Morgan fingerprint density at radius 3 is 1.33 bits per heavy atom. The van der Waals surface area contributed by atoms with Crippen molar-refractivity contribution in [2.75, 3.05) is 46.8 Å². The third-order valence-corrected chi connectivity index (χ3v) is 5.72. The van der Waals surface area contributed by atoms with Gasteiger partial charge in [0.05, 0.1) is 0 Å². The zero-order valence-corrected chi connectivity index (χ0v) is 19.7. The fourth-order valence-electron chi connectivity index (χ4n) is 4.21. The number of anilines is 4. The molecule has 11 nitrogen and oxygen atoms in total. The average Bonchev–Trinajstić information content (AvgIpc) is 2.80. The molecule has 2 aliphatic heterocycles. The van der Waals surface area contributed by atoms with Crippen molar-refractivity contribution in [2.45, 2.75) is 37.0 Å². The molecule has 2 aliphatic rings. The summed E-state index contributed by atoms with van der Waals surface area (Å²) in [5, 5.41) is 0. The van der Waals surface area contributed by atoms with E-state index in [1.807, 2.05) is 5.43 Å². The molecule has 0 spiro atoms. The Kier molecular flexibility index (Phi) is 8.55. The van der Waals surface area contributed by atoms with Crippen molar-refractivity contribution in [2.24, 2.45) is 22.9 Å². The Morgan fingerprint density at radius 1 is 0.583 bits per heavy atom. The highest BCUT2D eigenvalue weighted by molar-refractivity contribution is 5.85. The van der Waals surface area contributed by atoms with E-state index in [-0.39, 0.29) is 54.4 Å². The molecule has 36 heavy (non-hydrogen) atoms. The van der Waals surface area contributed by atoms with Crippen molar-refractivity contribution in [1.82, 2.24) is 15.0 Å². The van der Waals surface area contributed by atoms with Crippen molar-refractivity contribution in [3.05, 3.63) is 29.1 Å². The van der Waals surface area contributed by atoms with Gasteiger partial charge in [-0.25, -0.2) is 22.0 Å². The predicted molar refractivity (Wildman–Crippen MR) is 126 cm³/mol. The summed E-state index contributed by atoms with van der Waals surface area (Å²) in [6, 6.07) is -1.00. The summed E-state index contributed by atoms with van der Waals surface area (Å²) >= 11 is 0. The van der Waals surface area contributed by atoms with E-state index in [1.165, 1.54) is 0 Å². The van der Waals surface area contributed by atoms with E-state index in [4.69, 9.17) is 22.9 Å². The van der Waals surface area contributed by atoms with Crippen LogP contribution < -0.4 is 43.6 Å². The number of nitrogens with one attached hydrogen (secondary N) is 2. The molecule has 2 aromatic rings. The maximum absolute atomic E-state index is 14.1. The Bertz CT molecular complexity index is 1000. The van der Waals surface area contributed by atoms with Crippen LogP contribution in [-0.4, -0.2) is 65.3 Å². The molecular weight excluding hydrogens is 513 g/mol. The third kappa shape index (κ3) is 5.78. The van der Waals surface area contributed by atoms with Crippen LogP contribution in [0.4, 0.5) is 45.5 Å². The lowest BCUT2D eigenvalue weighted by molar-refractivity contribution is 0.381. The van der Waals surface area contributed by atoms with Crippen molar-refractivity contribution in [1.29, 1.82) is 0 Å². The molecule has 0 bridgehead atoms. The second kappa shape index (κ2) is 11.1. The third-order valence-electron chi connectivity index (χ3n) is 5.72. The number of benzene rings is 1. The first kappa shape index (κ1) is 27.8. The van der Waals surface area contributed by atoms with Crippen LogP contribution in [0.25, 0.3) is 0 Å². The quantitative estimate of drug-likeness (QED) is 0.132. The lowest BCUT2D eigenvalue weighted by Crippen LogP contribution is -2.54. The zero-order valence-electron chi connectivity index (χ0n) is 18.9. The van der Waals surface area contributed by atoms with Gasteiger partial charge >= 0.3 is 0 Å². The topological polar surface area (TPSA) is 173 Å². The molecule has 0 unspecified atom stereocenters. The van der Waals surface area contributed by atoms with Crippen LogP contribution in [0.2, 0.25) is 0 Å². The monoisotopic (exact) mass is 539 g/mol. The smallest absolute Gasteiger partial charge is 0.248 e. The molecule has 1 aromatic heterocycles. The fraction of sp³-hybridized carbons (Fsp3) is 0.526. The number of hydrazine groups is 1. The summed E-state index contributed by atoms with van der Waals surface area (Å²) < 4.78 is 68.6. The number of hydrogen-bond acceptors (Lipinski definition) is 11. The van der Waals surface area contributed by atoms with E-state index in [0.29, 0.717) is 39.0 Å². The largest absolute Gasteiger partial charge is 0.338 e. The first-order valence-corrected chi connectivity index (χ1v) is 10.8. The highest BCUT2D eigenvalue weighted by Crippen LogP contribution is 2.28. The maximum atomic E-state index is 14.1. The summed E-state index contributed by atoms with van der Waals surface area (Å²) in [7, 11) is 0. The van der Waals surface area contributed by atoms with E-state index in [9.17, 15) is 22.0 Å². The number of rotatable bonds is 5. The highest BCUT2D eigenvalue weighted by Gasteiger charge is 2.30. The van der Waals surface area contributed by atoms with Crippen LogP contribution in [0.15, 0.2) is 0 Å². The SMILES string of the molecule is Cl.N[C@@H]1C[C@H](N)CN(c2nc(NNc3c(F)c(F)c(F)c(F)c3F)nc(N3C[C@H](N)C[C@H](N)C3)n2)C1. The van der Waals surface area contributed by atoms with Crippen LogP contribution in [-0.2, 0) is 0 Å². The summed E-state index contributed by atoms with van der Waals surface area (Å²) in [6.07, 6.45) is 1.19. The molecule has 0 aliphatic carbocycles. The number of halogens is 6. The molecule has 2 saturated heterocycles. The predicted octanol–water partition coefficient (Wildman–Crippen LogP) is 0.157. The van der Waals surface area contributed by atoms with Gasteiger partial charge in [-0.3, -0.25) is 10.9 Å². The van der Waals surface area contributed by atoms with E-state index in [2.05, 4.69) is 20.4 Å². The van der Waals surface area contributed by atoms with E-state index >= 15 is 0 Å². The molecule has 10 N–H and O–H groups in total. The summed E-state index contributed by atoms with van der Waals surface area (Å²) in [5.74, 6) is -10.5. The molecule has 17 heteroatoms. The van der Waals surface area contributed by atoms with Gasteiger partial charge < -0.3 is 32.7 Å². The van der Waals surface area contributed by atoms with Gasteiger partial charge in [0, 0.05) is 50.3 Å². The number of hydrogen-bond donors (Lipinski definition) is 6. The number of nitrogens with two attached hydrogens (primary N) is 4. The molecule has 4 atom stereocenters. The molecule has 3 heterocycles. The summed E-state index contributed by atoms with van der Waals surface area (Å²) in [6.45, 7) is 1.50. The van der Waals surface area contributed by atoms with Gasteiger partial charge in [-0.15, -0.1) is 12.4 Å². The van der Waals surface area contributed by atoms with Crippen LogP contribution in [0, 0.1) is 29.1 Å². The molecule has 0 saturated carbocycles. The van der Waals surface area contributed by atoms with Crippen molar-refractivity contribution in [3.8, 4) is 0 Å².